The summed E-state index contributed by atoms with van der Waals surface area (Å²) in [5.74, 6) is -0.359. The molecule has 15 heavy (non-hydrogen) atoms. The number of aromatic carboxylic acids is 1. The van der Waals surface area contributed by atoms with E-state index < -0.39 is 5.97 Å². The van der Waals surface area contributed by atoms with Crippen LogP contribution in [0.15, 0.2) is 30.5 Å². The average molecular weight is 204 g/mol. The van der Waals surface area contributed by atoms with Gasteiger partial charge in [-0.2, -0.15) is 0 Å². The van der Waals surface area contributed by atoms with E-state index in [0.717, 1.165) is 19.5 Å². The van der Waals surface area contributed by atoms with E-state index in [-0.39, 0.29) is 5.56 Å². The summed E-state index contributed by atoms with van der Waals surface area (Å²) in [6, 6.07) is 3.23. The number of hydrogen-bond acceptors (Lipinski definition) is 3. The summed E-state index contributed by atoms with van der Waals surface area (Å²) in [5, 5.41) is 9.01. The number of pyridine rings is 1. The SMILES string of the molecule is O=C(O)c1cccnc1N1CC=CCC1. The molecule has 0 atom stereocenters. The van der Waals surface area contributed by atoms with Gasteiger partial charge >= 0.3 is 5.97 Å². The smallest absolute Gasteiger partial charge is 0.339 e. The third-order valence-corrected chi connectivity index (χ3v) is 2.37. The van der Waals surface area contributed by atoms with Gasteiger partial charge in [-0.1, -0.05) is 12.2 Å². The lowest BCUT2D eigenvalue weighted by Gasteiger charge is -2.25. The minimum Gasteiger partial charge on any atom is -0.478 e. The first-order valence-corrected chi connectivity index (χ1v) is 4.87. The van der Waals surface area contributed by atoms with Crippen LogP contribution in [0.25, 0.3) is 0 Å². The van der Waals surface area contributed by atoms with Crippen LogP contribution in [-0.2, 0) is 0 Å². The predicted molar refractivity (Wildman–Crippen MR) is 57.2 cm³/mol. The van der Waals surface area contributed by atoms with Crippen LogP contribution in [0.3, 0.4) is 0 Å². The number of nitrogens with zero attached hydrogens (tertiary/aromatic N) is 2. The summed E-state index contributed by atoms with van der Waals surface area (Å²) in [6.07, 6.45) is 6.69. The van der Waals surface area contributed by atoms with Crippen molar-refractivity contribution in [1.29, 1.82) is 0 Å². The first-order valence-electron chi connectivity index (χ1n) is 4.87. The molecule has 4 heteroatoms. The number of carboxylic acid groups (broad SMARTS) is 1. The highest BCUT2D eigenvalue weighted by atomic mass is 16.4. The molecule has 2 heterocycles. The molecule has 1 aromatic heterocycles. The molecule has 0 bridgehead atoms. The number of anilines is 1. The second-order valence-electron chi connectivity index (χ2n) is 3.39. The minimum atomic E-state index is -0.923. The van der Waals surface area contributed by atoms with Crippen molar-refractivity contribution in [2.45, 2.75) is 6.42 Å². The lowest BCUT2D eigenvalue weighted by atomic mass is 10.2. The van der Waals surface area contributed by atoms with Gasteiger partial charge in [0.2, 0.25) is 0 Å². The van der Waals surface area contributed by atoms with E-state index in [1.807, 2.05) is 11.0 Å². The molecule has 1 N–H and O–H groups in total. The van der Waals surface area contributed by atoms with E-state index >= 15 is 0 Å². The predicted octanol–water partition coefficient (Wildman–Crippen LogP) is 1.55. The molecule has 78 valence electrons. The molecule has 1 aliphatic rings. The molecular formula is C11H12N2O2. The van der Waals surface area contributed by atoms with Gasteiger partial charge in [0, 0.05) is 19.3 Å². The van der Waals surface area contributed by atoms with Gasteiger partial charge in [0.15, 0.2) is 0 Å². The molecule has 0 unspecified atom stereocenters. The molecule has 0 aliphatic carbocycles. The zero-order chi connectivity index (χ0) is 10.7. The maximum absolute atomic E-state index is 11.0. The largest absolute Gasteiger partial charge is 0.478 e. The summed E-state index contributed by atoms with van der Waals surface area (Å²) >= 11 is 0. The van der Waals surface area contributed by atoms with Crippen molar-refractivity contribution >= 4 is 11.8 Å². The van der Waals surface area contributed by atoms with Crippen LogP contribution in [0.4, 0.5) is 5.82 Å². The quantitative estimate of drug-likeness (QED) is 0.742. The van der Waals surface area contributed by atoms with Crippen LogP contribution in [0, 0.1) is 0 Å². The minimum absolute atomic E-state index is 0.271. The first-order chi connectivity index (χ1) is 7.29. The van der Waals surface area contributed by atoms with Crippen LogP contribution >= 0.6 is 0 Å². The standard InChI is InChI=1S/C11H12N2O2/c14-11(15)9-5-4-6-12-10(9)13-7-2-1-3-8-13/h1-2,4-6H,3,7-8H2,(H,14,15). The van der Waals surface area contributed by atoms with E-state index in [1.54, 1.807) is 18.3 Å². The Hall–Kier alpha value is -1.84. The molecule has 1 aromatic rings. The van der Waals surface area contributed by atoms with Crippen molar-refractivity contribution in [3.05, 3.63) is 36.0 Å². The second-order valence-corrected chi connectivity index (χ2v) is 3.39. The van der Waals surface area contributed by atoms with E-state index in [4.69, 9.17) is 5.11 Å². The highest BCUT2D eigenvalue weighted by molar-refractivity contribution is 5.93. The summed E-state index contributed by atoms with van der Waals surface area (Å²) in [4.78, 5) is 17.1. The molecule has 0 saturated heterocycles. The van der Waals surface area contributed by atoms with Crippen molar-refractivity contribution in [3.8, 4) is 0 Å². The topological polar surface area (TPSA) is 53.4 Å². The average Bonchev–Trinajstić information content (AvgIpc) is 2.30. The van der Waals surface area contributed by atoms with Crippen molar-refractivity contribution < 1.29 is 9.90 Å². The van der Waals surface area contributed by atoms with E-state index in [0.29, 0.717) is 5.82 Å². The molecule has 0 spiro atoms. The number of hydrogen-bond donors (Lipinski definition) is 1. The van der Waals surface area contributed by atoms with Crippen LogP contribution in [0.2, 0.25) is 0 Å². The van der Waals surface area contributed by atoms with Gasteiger partial charge in [-0.3, -0.25) is 0 Å². The first kappa shape index (κ1) is 9.71. The fourth-order valence-electron chi connectivity index (χ4n) is 1.65. The third-order valence-electron chi connectivity index (χ3n) is 2.37. The van der Waals surface area contributed by atoms with Crippen molar-refractivity contribution in [3.63, 3.8) is 0 Å². The van der Waals surface area contributed by atoms with Crippen LogP contribution in [0.5, 0.6) is 0 Å². The Labute approximate surface area is 87.9 Å². The van der Waals surface area contributed by atoms with Gasteiger partial charge in [-0.25, -0.2) is 9.78 Å². The second kappa shape index (κ2) is 4.13. The molecule has 0 saturated carbocycles. The van der Waals surface area contributed by atoms with Crippen molar-refractivity contribution in [2.75, 3.05) is 18.0 Å². The summed E-state index contributed by atoms with van der Waals surface area (Å²) in [5.41, 5.74) is 0.271. The Morgan fingerprint density at radius 1 is 1.47 bits per heavy atom. The molecule has 1 aliphatic heterocycles. The summed E-state index contributed by atoms with van der Waals surface area (Å²) in [7, 11) is 0. The molecule has 4 nitrogen and oxygen atoms in total. The molecule has 0 fully saturated rings. The van der Waals surface area contributed by atoms with Crippen LogP contribution in [-0.4, -0.2) is 29.1 Å². The monoisotopic (exact) mass is 204 g/mol. The fourth-order valence-corrected chi connectivity index (χ4v) is 1.65. The number of carbonyl (C=O) groups is 1. The fraction of sp³-hybridized carbons (Fsp3) is 0.273. The van der Waals surface area contributed by atoms with Crippen molar-refractivity contribution in [2.24, 2.45) is 0 Å². The Balaban J connectivity index is 2.34. The summed E-state index contributed by atoms with van der Waals surface area (Å²) < 4.78 is 0. The number of aromatic nitrogens is 1. The van der Waals surface area contributed by atoms with E-state index in [2.05, 4.69) is 11.1 Å². The molecule has 0 amide bonds. The maximum atomic E-state index is 11.0. The molecule has 0 aromatic carbocycles. The zero-order valence-electron chi connectivity index (χ0n) is 8.26. The zero-order valence-corrected chi connectivity index (χ0v) is 8.26. The highest BCUT2D eigenvalue weighted by Gasteiger charge is 2.16. The Kier molecular flexibility index (Phi) is 2.67. The Morgan fingerprint density at radius 3 is 3.00 bits per heavy atom. The van der Waals surface area contributed by atoms with E-state index in [9.17, 15) is 4.79 Å². The van der Waals surface area contributed by atoms with Crippen LogP contribution in [0.1, 0.15) is 16.8 Å². The highest BCUT2D eigenvalue weighted by Crippen LogP contribution is 2.18. The van der Waals surface area contributed by atoms with Gasteiger partial charge in [0.25, 0.3) is 0 Å². The maximum Gasteiger partial charge on any atom is 0.339 e. The lowest BCUT2D eigenvalue weighted by Crippen LogP contribution is -2.29. The van der Waals surface area contributed by atoms with Gasteiger partial charge in [-0.15, -0.1) is 0 Å². The lowest BCUT2D eigenvalue weighted by molar-refractivity contribution is 0.0697. The third kappa shape index (κ3) is 1.98. The normalized spacial score (nSPS) is 15.3. The number of carboxylic acids is 1. The number of rotatable bonds is 2. The molecule has 0 radical (unpaired) electrons. The Bertz CT molecular complexity index is 401. The molecular weight excluding hydrogens is 192 g/mol. The van der Waals surface area contributed by atoms with Crippen molar-refractivity contribution in [1.82, 2.24) is 4.98 Å². The summed E-state index contributed by atoms with van der Waals surface area (Å²) in [6.45, 7) is 1.56. The van der Waals surface area contributed by atoms with Crippen LogP contribution < -0.4 is 4.90 Å². The van der Waals surface area contributed by atoms with Gasteiger partial charge < -0.3 is 10.0 Å². The Morgan fingerprint density at radius 2 is 2.33 bits per heavy atom. The van der Waals surface area contributed by atoms with Gasteiger partial charge in [0.05, 0.1) is 0 Å². The van der Waals surface area contributed by atoms with Gasteiger partial charge in [0.1, 0.15) is 11.4 Å². The van der Waals surface area contributed by atoms with Gasteiger partial charge in [-0.05, 0) is 18.6 Å². The molecule has 2 rings (SSSR count). The van der Waals surface area contributed by atoms with E-state index in [1.165, 1.54) is 0 Å².